The summed E-state index contributed by atoms with van der Waals surface area (Å²) >= 11 is 0. The van der Waals surface area contributed by atoms with E-state index in [1.807, 2.05) is 42.2 Å². The lowest BCUT2D eigenvalue weighted by molar-refractivity contribution is -0.385. The molecule has 0 amide bonds. The second kappa shape index (κ2) is 7.12. The zero-order valence-corrected chi connectivity index (χ0v) is 14.1. The third-order valence-electron chi connectivity index (χ3n) is 3.96. The molecular weight excluding hydrogens is 318 g/mol. The van der Waals surface area contributed by atoms with E-state index in [-0.39, 0.29) is 11.7 Å². The first-order valence-corrected chi connectivity index (χ1v) is 7.98. The van der Waals surface area contributed by atoms with Crippen LogP contribution in [0, 0.1) is 17.0 Å². The van der Waals surface area contributed by atoms with Crippen molar-refractivity contribution < 1.29 is 4.92 Å². The summed E-state index contributed by atoms with van der Waals surface area (Å²) in [6.45, 7) is 4.34. The second-order valence-corrected chi connectivity index (χ2v) is 5.88. The Bertz CT molecular complexity index is 876. The lowest BCUT2D eigenvalue weighted by Crippen LogP contribution is -2.08. The Labute approximate surface area is 145 Å². The Morgan fingerprint density at radius 3 is 2.68 bits per heavy atom. The van der Waals surface area contributed by atoms with Gasteiger partial charge in [-0.15, -0.1) is 0 Å². The van der Waals surface area contributed by atoms with Crippen molar-refractivity contribution in [2.75, 3.05) is 5.32 Å². The van der Waals surface area contributed by atoms with E-state index in [4.69, 9.17) is 0 Å². The fraction of sp³-hybridized carbons (Fsp3) is 0.222. The van der Waals surface area contributed by atoms with Crippen LogP contribution in [0.25, 0.3) is 0 Å². The van der Waals surface area contributed by atoms with Gasteiger partial charge in [-0.05, 0) is 25.5 Å². The van der Waals surface area contributed by atoms with Gasteiger partial charge in [0, 0.05) is 17.8 Å². The molecule has 1 unspecified atom stereocenters. The average molecular weight is 337 g/mol. The maximum absolute atomic E-state index is 10.9. The number of rotatable bonds is 6. The van der Waals surface area contributed by atoms with Crippen LogP contribution >= 0.6 is 0 Å². The van der Waals surface area contributed by atoms with Gasteiger partial charge in [0.25, 0.3) is 5.69 Å². The Morgan fingerprint density at radius 1 is 1.24 bits per heavy atom. The lowest BCUT2D eigenvalue weighted by atomic mass is 10.2. The minimum Gasteiger partial charge on any atom is -0.363 e. The molecule has 2 heterocycles. The summed E-state index contributed by atoms with van der Waals surface area (Å²) in [7, 11) is 0. The van der Waals surface area contributed by atoms with Crippen molar-refractivity contribution in [2.45, 2.75) is 26.4 Å². The topological polar surface area (TPSA) is 85.9 Å². The molecule has 1 atom stereocenters. The van der Waals surface area contributed by atoms with E-state index in [0.29, 0.717) is 18.1 Å². The van der Waals surface area contributed by atoms with Gasteiger partial charge in [-0.3, -0.25) is 14.8 Å². The maximum atomic E-state index is 10.9. The fourth-order valence-electron chi connectivity index (χ4n) is 2.59. The standard InChI is InChI=1S/C18H19N5O2/c1-13(20-18-9-8-17(23(24)25)14(2)21-18)16-10-19-22(12-16)11-15-6-4-3-5-7-15/h3-10,12-13H,11H2,1-2H3,(H,20,21). The van der Waals surface area contributed by atoms with Crippen molar-refractivity contribution in [3.05, 3.63) is 81.8 Å². The predicted molar refractivity (Wildman–Crippen MR) is 95.4 cm³/mol. The van der Waals surface area contributed by atoms with Gasteiger partial charge in [0.1, 0.15) is 11.5 Å². The molecule has 1 N–H and O–H groups in total. The van der Waals surface area contributed by atoms with Gasteiger partial charge in [0.15, 0.2) is 0 Å². The van der Waals surface area contributed by atoms with Crippen molar-refractivity contribution in [3.63, 3.8) is 0 Å². The molecule has 7 nitrogen and oxygen atoms in total. The Hall–Kier alpha value is -3.22. The zero-order chi connectivity index (χ0) is 17.8. The molecule has 128 valence electrons. The van der Waals surface area contributed by atoms with Gasteiger partial charge < -0.3 is 5.32 Å². The van der Waals surface area contributed by atoms with Crippen molar-refractivity contribution in [1.82, 2.24) is 14.8 Å². The smallest absolute Gasteiger partial charge is 0.290 e. The number of pyridine rings is 1. The van der Waals surface area contributed by atoms with Crippen LogP contribution in [0.5, 0.6) is 0 Å². The molecule has 2 aromatic heterocycles. The molecule has 25 heavy (non-hydrogen) atoms. The van der Waals surface area contributed by atoms with Crippen LogP contribution in [-0.2, 0) is 6.54 Å². The highest BCUT2D eigenvalue weighted by atomic mass is 16.6. The van der Waals surface area contributed by atoms with Crippen LogP contribution in [0.15, 0.2) is 54.9 Å². The summed E-state index contributed by atoms with van der Waals surface area (Å²) in [5, 5.41) is 18.5. The van der Waals surface area contributed by atoms with E-state index >= 15 is 0 Å². The van der Waals surface area contributed by atoms with Crippen LogP contribution in [0.3, 0.4) is 0 Å². The van der Waals surface area contributed by atoms with Gasteiger partial charge in [0.2, 0.25) is 0 Å². The van der Waals surface area contributed by atoms with Gasteiger partial charge >= 0.3 is 0 Å². The van der Waals surface area contributed by atoms with Crippen molar-refractivity contribution in [2.24, 2.45) is 0 Å². The first-order chi connectivity index (χ1) is 12.0. The maximum Gasteiger partial charge on any atom is 0.290 e. The predicted octanol–water partition coefficient (Wildman–Crippen LogP) is 3.72. The highest BCUT2D eigenvalue weighted by molar-refractivity contribution is 5.46. The van der Waals surface area contributed by atoms with Gasteiger partial charge in [0.05, 0.1) is 23.7 Å². The molecule has 0 bridgehead atoms. The molecule has 0 fully saturated rings. The van der Waals surface area contributed by atoms with Crippen molar-refractivity contribution in [1.29, 1.82) is 0 Å². The van der Waals surface area contributed by atoms with E-state index in [0.717, 1.165) is 5.56 Å². The number of nitrogens with zero attached hydrogens (tertiary/aromatic N) is 4. The van der Waals surface area contributed by atoms with Crippen LogP contribution in [0.1, 0.15) is 29.8 Å². The first-order valence-electron chi connectivity index (χ1n) is 7.98. The number of nitrogens with one attached hydrogen (secondary N) is 1. The zero-order valence-electron chi connectivity index (χ0n) is 14.1. The molecule has 0 saturated carbocycles. The van der Waals surface area contributed by atoms with E-state index in [2.05, 4.69) is 27.5 Å². The van der Waals surface area contributed by atoms with Crippen LogP contribution in [0.4, 0.5) is 11.5 Å². The number of anilines is 1. The van der Waals surface area contributed by atoms with E-state index in [9.17, 15) is 10.1 Å². The highest BCUT2D eigenvalue weighted by Gasteiger charge is 2.14. The average Bonchev–Trinajstić information content (AvgIpc) is 3.04. The molecule has 0 radical (unpaired) electrons. The normalized spacial score (nSPS) is 11.9. The molecule has 0 spiro atoms. The van der Waals surface area contributed by atoms with Crippen molar-refractivity contribution >= 4 is 11.5 Å². The molecule has 0 aliphatic carbocycles. The molecule has 3 aromatic rings. The number of hydrogen-bond donors (Lipinski definition) is 1. The summed E-state index contributed by atoms with van der Waals surface area (Å²) in [4.78, 5) is 14.7. The van der Waals surface area contributed by atoms with Crippen LogP contribution in [0.2, 0.25) is 0 Å². The van der Waals surface area contributed by atoms with Gasteiger partial charge in [-0.25, -0.2) is 4.98 Å². The highest BCUT2D eigenvalue weighted by Crippen LogP contribution is 2.22. The molecule has 0 saturated heterocycles. The van der Waals surface area contributed by atoms with Gasteiger partial charge in [-0.2, -0.15) is 5.10 Å². The third kappa shape index (κ3) is 4.00. The Morgan fingerprint density at radius 2 is 2.00 bits per heavy atom. The largest absolute Gasteiger partial charge is 0.363 e. The Balaban J connectivity index is 1.68. The minimum absolute atomic E-state index is 0.0159. The molecule has 3 rings (SSSR count). The molecule has 7 heteroatoms. The number of aromatic nitrogens is 3. The SMILES string of the molecule is Cc1nc(NC(C)c2cnn(Cc3ccccc3)c2)ccc1[N+](=O)[O-]. The third-order valence-corrected chi connectivity index (χ3v) is 3.96. The molecular formula is C18H19N5O2. The second-order valence-electron chi connectivity index (χ2n) is 5.88. The monoisotopic (exact) mass is 337 g/mol. The summed E-state index contributed by atoms with van der Waals surface area (Å²) in [6, 6.07) is 13.2. The quantitative estimate of drug-likeness (QED) is 0.547. The van der Waals surface area contributed by atoms with E-state index < -0.39 is 4.92 Å². The molecule has 0 aliphatic heterocycles. The fourth-order valence-corrected chi connectivity index (χ4v) is 2.59. The van der Waals surface area contributed by atoms with Crippen LogP contribution < -0.4 is 5.32 Å². The van der Waals surface area contributed by atoms with Crippen LogP contribution in [-0.4, -0.2) is 19.7 Å². The number of hydrogen-bond acceptors (Lipinski definition) is 5. The summed E-state index contributed by atoms with van der Waals surface area (Å²) in [6.07, 6.45) is 3.81. The molecule has 1 aromatic carbocycles. The first kappa shape index (κ1) is 16.6. The number of nitro groups is 1. The summed E-state index contributed by atoms with van der Waals surface area (Å²) < 4.78 is 1.89. The van der Waals surface area contributed by atoms with Crippen molar-refractivity contribution in [3.8, 4) is 0 Å². The number of benzene rings is 1. The van der Waals surface area contributed by atoms with E-state index in [1.165, 1.54) is 11.6 Å². The summed E-state index contributed by atoms with van der Waals surface area (Å²) in [5.74, 6) is 0.603. The number of aryl methyl sites for hydroxylation is 1. The minimum atomic E-state index is -0.427. The Kier molecular flexibility index (Phi) is 4.74. The molecule has 0 aliphatic rings. The van der Waals surface area contributed by atoms with Gasteiger partial charge in [-0.1, -0.05) is 30.3 Å². The lowest BCUT2D eigenvalue weighted by Gasteiger charge is -2.13. The summed E-state index contributed by atoms with van der Waals surface area (Å²) in [5.41, 5.74) is 2.62. The van der Waals surface area contributed by atoms with E-state index in [1.54, 1.807) is 13.0 Å².